The Morgan fingerprint density at radius 3 is 2.31 bits per heavy atom. The van der Waals surface area contributed by atoms with E-state index in [-0.39, 0.29) is 18.4 Å². The number of carbonyl (C=O) groups is 2. The first-order valence-corrected chi connectivity index (χ1v) is 9.71. The van der Waals surface area contributed by atoms with Crippen LogP contribution in [0.5, 0.6) is 11.5 Å². The van der Waals surface area contributed by atoms with Gasteiger partial charge < -0.3 is 19.3 Å². The number of amides is 2. The third-order valence-corrected chi connectivity index (χ3v) is 5.40. The van der Waals surface area contributed by atoms with E-state index in [0.29, 0.717) is 24.6 Å². The molecule has 3 rings (SSSR count). The summed E-state index contributed by atoms with van der Waals surface area (Å²) >= 11 is 0. The Kier molecular flexibility index (Phi) is 6.11. The number of fused-ring (bicyclic) bond motifs is 1. The lowest BCUT2D eigenvalue weighted by Crippen LogP contribution is -2.44. The van der Waals surface area contributed by atoms with Gasteiger partial charge in [-0.3, -0.25) is 9.59 Å². The molecule has 6 heteroatoms. The quantitative estimate of drug-likeness (QED) is 0.778. The van der Waals surface area contributed by atoms with Gasteiger partial charge in [0.05, 0.1) is 14.2 Å². The SMILES string of the molecule is COc1cc2c(cc1OC)CN(C(=O)CN(C(C)=O)c1cc(C)ccc1C)CC2. The van der Waals surface area contributed by atoms with Crippen molar-refractivity contribution < 1.29 is 19.1 Å². The van der Waals surface area contributed by atoms with Crippen LogP contribution in [0.4, 0.5) is 5.69 Å². The van der Waals surface area contributed by atoms with E-state index in [0.717, 1.165) is 34.4 Å². The van der Waals surface area contributed by atoms with Crippen LogP contribution < -0.4 is 14.4 Å². The van der Waals surface area contributed by atoms with E-state index in [9.17, 15) is 9.59 Å². The molecule has 0 N–H and O–H groups in total. The van der Waals surface area contributed by atoms with Crippen molar-refractivity contribution in [1.29, 1.82) is 0 Å². The summed E-state index contributed by atoms with van der Waals surface area (Å²) in [5.41, 5.74) is 5.01. The molecule has 29 heavy (non-hydrogen) atoms. The number of ether oxygens (including phenoxy) is 2. The first kappa shape index (κ1) is 20.7. The van der Waals surface area contributed by atoms with Crippen molar-refractivity contribution in [2.45, 2.75) is 33.7 Å². The average molecular weight is 396 g/mol. The third kappa shape index (κ3) is 4.36. The minimum Gasteiger partial charge on any atom is -0.493 e. The molecule has 1 heterocycles. The van der Waals surface area contributed by atoms with E-state index < -0.39 is 0 Å². The lowest BCUT2D eigenvalue weighted by Gasteiger charge is -2.32. The highest BCUT2D eigenvalue weighted by atomic mass is 16.5. The number of benzene rings is 2. The molecule has 2 amide bonds. The Hall–Kier alpha value is -3.02. The fourth-order valence-corrected chi connectivity index (χ4v) is 3.71. The van der Waals surface area contributed by atoms with Crippen LogP contribution in [0.2, 0.25) is 0 Å². The Morgan fingerprint density at radius 2 is 1.69 bits per heavy atom. The second kappa shape index (κ2) is 8.55. The summed E-state index contributed by atoms with van der Waals surface area (Å²) < 4.78 is 10.8. The van der Waals surface area contributed by atoms with Gasteiger partial charge in [-0.15, -0.1) is 0 Å². The van der Waals surface area contributed by atoms with Gasteiger partial charge >= 0.3 is 0 Å². The smallest absolute Gasteiger partial charge is 0.242 e. The first-order valence-electron chi connectivity index (χ1n) is 9.71. The molecule has 0 aromatic heterocycles. The van der Waals surface area contributed by atoms with Gasteiger partial charge in [0.1, 0.15) is 6.54 Å². The summed E-state index contributed by atoms with van der Waals surface area (Å²) in [6, 6.07) is 9.84. The van der Waals surface area contributed by atoms with Crippen molar-refractivity contribution in [3.8, 4) is 11.5 Å². The van der Waals surface area contributed by atoms with Crippen LogP contribution in [0.25, 0.3) is 0 Å². The highest BCUT2D eigenvalue weighted by Crippen LogP contribution is 2.33. The van der Waals surface area contributed by atoms with E-state index in [1.54, 1.807) is 24.0 Å². The predicted octanol–water partition coefficient (Wildman–Crippen LogP) is 3.26. The summed E-state index contributed by atoms with van der Waals surface area (Å²) in [6.07, 6.45) is 0.741. The largest absolute Gasteiger partial charge is 0.493 e. The second-order valence-corrected chi connectivity index (χ2v) is 7.44. The van der Waals surface area contributed by atoms with Gasteiger partial charge in [-0.1, -0.05) is 12.1 Å². The fraction of sp³-hybridized carbons (Fsp3) is 0.391. The van der Waals surface area contributed by atoms with Crippen molar-refractivity contribution in [1.82, 2.24) is 4.90 Å². The topological polar surface area (TPSA) is 59.1 Å². The number of methoxy groups -OCH3 is 2. The normalized spacial score (nSPS) is 12.9. The summed E-state index contributed by atoms with van der Waals surface area (Å²) in [5, 5.41) is 0. The second-order valence-electron chi connectivity index (χ2n) is 7.44. The van der Waals surface area contributed by atoms with Crippen LogP contribution in [-0.2, 0) is 22.6 Å². The predicted molar refractivity (Wildman–Crippen MR) is 113 cm³/mol. The molecule has 6 nitrogen and oxygen atoms in total. The highest BCUT2D eigenvalue weighted by Gasteiger charge is 2.26. The van der Waals surface area contributed by atoms with Crippen LogP contribution in [0.3, 0.4) is 0 Å². The number of carbonyl (C=O) groups excluding carboxylic acids is 2. The molecule has 0 atom stereocenters. The molecule has 0 unspecified atom stereocenters. The number of rotatable bonds is 5. The summed E-state index contributed by atoms with van der Waals surface area (Å²) in [7, 11) is 3.22. The van der Waals surface area contributed by atoms with E-state index in [1.807, 2.05) is 44.2 Å². The van der Waals surface area contributed by atoms with E-state index in [4.69, 9.17) is 9.47 Å². The first-order chi connectivity index (χ1) is 13.8. The van der Waals surface area contributed by atoms with E-state index in [2.05, 4.69) is 0 Å². The van der Waals surface area contributed by atoms with E-state index >= 15 is 0 Å². The van der Waals surface area contributed by atoms with Crippen LogP contribution in [0.15, 0.2) is 30.3 Å². The number of hydrogen-bond acceptors (Lipinski definition) is 4. The monoisotopic (exact) mass is 396 g/mol. The minimum atomic E-state index is -0.143. The Balaban J connectivity index is 1.80. The lowest BCUT2D eigenvalue weighted by molar-refractivity contribution is -0.132. The van der Waals surface area contributed by atoms with Gasteiger partial charge in [0.15, 0.2) is 11.5 Å². The molecule has 154 valence electrons. The minimum absolute atomic E-state index is 0.0300. The van der Waals surface area contributed by atoms with Gasteiger partial charge in [0.25, 0.3) is 0 Å². The Labute approximate surface area is 172 Å². The maximum Gasteiger partial charge on any atom is 0.242 e. The van der Waals surface area contributed by atoms with Gasteiger partial charge in [0.2, 0.25) is 11.8 Å². The molecule has 0 saturated carbocycles. The zero-order chi connectivity index (χ0) is 21.1. The average Bonchev–Trinajstić information content (AvgIpc) is 2.71. The molecule has 1 aliphatic rings. The summed E-state index contributed by atoms with van der Waals surface area (Å²) in [4.78, 5) is 28.7. The van der Waals surface area contributed by atoms with Crippen LogP contribution in [-0.4, -0.2) is 44.0 Å². The maximum atomic E-state index is 13.0. The standard InChI is InChI=1S/C23H28N2O4/c1-15-6-7-16(2)20(10-15)25(17(3)26)14-23(27)24-9-8-18-11-21(28-4)22(29-5)12-19(18)13-24/h6-7,10-12H,8-9,13-14H2,1-5H3. The fourth-order valence-electron chi connectivity index (χ4n) is 3.71. The zero-order valence-corrected chi connectivity index (χ0v) is 17.7. The van der Waals surface area contributed by atoms with Crippen molar-refractivity contribution >= 4 is 17.5 Å². The van der Waals surface area contributed by atoms with Crippen molar-refractivity contribution in [3.63, 3.8) is 0 Å². The van der Waals surface area contributed by atoms with Gasteiger partial charge in [-0.25, -0.2) is 0 Å². The summed E-state index contributed by atoms with van der Waals surface area (Å²) in [5.74, 6) is 1.14. The zero-order valence-electron chi connectivity index (χ0n) is 17.7. The van der Waals surface area contributed by atoms with Crippen molar-refractivity contribution in [2.75, 3.05) is 32.2 Å². The molecule has 1 aliphatic heterocycles. The highest BCUT2D eigenvalue weighted by molar-refractivity contribution is 5.98. The lowest BCUT2D eigenvalue weighted by atomic mass is 9.98. The molecule has 0 spiro atoms. The third-order valence-electron chi connectivity index (χ3n) is 5.40. The van der Waals surface area contributed by atoms with Crippen LogP contribution >= 0.6 is 0 Å². The van der Waals surface area contributed by atoms with Gasteiger partial charge in [-0.2, -0.15) is 0 Å². The summed E-state index contributed by atoms with van der Waals surface area (Å²) in [6.45, 7) is 6.56. The molecule has 2 aromatic rings. The number of aryl methyl sites for hydroxylation is 2. The van der Waals surface area contributed by atoms with E-state index in [1.165, 1.54) is 6.92 Å². The maximum absolute atomic E-state index is 13.0. The number of hydrogen-bond donors (Lipinski definition) is 0. The molecule has 0 saturated heterocycles. The van der Waals surface area contributed by atoms with Crippen LogP contribution in [0.1, 0.15) is 29.2 Å². The van der Waals surface area contributed by atoms with Crippen molar-refractivity contribution in [3.05, 3.63) is 52.6 Å². The molecule has 0 bridgehead atoms. The Morgan fingerprint density at radius 1 is 1.03 bits per heavy atom. The molecular formula is C23H28N2O4. The van der Waals surface area contributed by atoms with Crippen molar-refractivity contribution in [2.24, 2.45) is 0 Å². The number of anilines is 1. The van der Waals surface area contributed by atoms with Gasteiger partial charge in [-0.05, 0) is 60.7 Å². The Bertz CT molecular complexity index is 939. The molecule has 0 radical (unpaired) electrons. The molecule has 2 aromatic carbocycles. The van der Waals surface area contributed by atoms with Crippen LogP contribution in [0, 0.1) is 13.8 Å². The molecule has 0 fully saturated rings. The molecular weight excluding hydrogens is 368 g/mol. The number of nitrogens with zero attached hydrogens (tertiary/aromatic N) is 2. The molecule has 0 aliphatic carbocycles. The van der Waals surface area contributed by atoms with Gasteiger partial charge in [0, 0.05) is 25.7 Å².